The molecule has 1 aliphatic heterocycles. The van der Waals surface area contributed by atoms with Gasteiger partial charge in [-0.1, -0.05) is 0 Å². The molecule has 100 valence electrons. The monoisotopic (exact) mass is 264 g/mol. The first kappa shape index (κ1) is 12.9. The molecule has 0 saturated heterocycles. The van der Waals surface area contributed by atoms with Crippen molar-refractivity contribution in [1.29, 1.82) is 0 Å². The summed E-state index contributed by atoms with van der Waals surface area (Å²) in [6.07, 6.45) is -0.161. The van der Waals surface area contributed by atoms with Gasteiger partial charge in [0.1, 0.15) is 0 Å². The fourth-order valence-electron chi connectivity index (χ4n) is 1.90. The van der Waals surface area contributed by atoms with Gasteiger partial charge in [-0.25, -0.2) is 4.79 Å². The Morgan fingerprint density at radius 3 is 2.68 bits per heavy atom. The van der Waals surface area contributed by atoms with Crippen LogP contribution >= 0.6 is 0 Å². The zero-order chi connectivity index (χ0) is 14.0. The molecule has 7 nitrogen and oxygen atoms in total. The van der Waals surface area contributed by atoms with Crippen LogP contribution in [0.2, 0.25) is 0 Å². The highest BCUT2D eigenvalue weighted by Gasteiger charge is 2.24. The van der Waals surface area contributed by atoms with Gasteiger partial charge >= 0.3 is 11.9 Å². The maximum atomic E-state index is 11.7. The van der Waals surface area contributed by atoms with Gasteiger partial charge < -0.3 is 20.4 Å². The number of nitrogens with zero attached hydrogens (tertiary/aromatic N) is 1. The number of benzene rings is 1. The Hall–Kier alpha value is -2.57. The van der Waals surface area contributed by atoms with Crippen molar-refractivity contribution in [3.63, 3.8) is 0 Å². The van der Waals surface area contributed by atoms with Gasteiger partial charge in [0, 0.05) is 6.54 Å². The van der Waals surface area contributed by atoms with Gasteiger partial charge in [-0.3, -0.25) is 9.59 Å². The molecule has 0 saturated carbocycles. The molecule has 0 atom stereocenters. The van der Waals surface area contributed by atoms with E-state index in [0.29, 0.717) is 11.4 Å². The van der Waals surface area contributed by atoms with Crippen LogP contribution in [-0.4, -0.2) is 41.1 Å². The first-order valence-corrected chi connectivity index (χ1v) is 5.62. The molecule has 0 unspecified atom stereocenters. The normalized spacial score (nSPS) is 13.7. The van der Waals surface area contributed by atoms with Crippen LogP contribution in [0.25, 0.3) is 0 Å². The topological polar surface area (TPSA) is 107 Å². The predicted octanol–water partition coefficient (Wildman–Crippen LogP) is 0.618. The average Bonchev–Trinajstić information content (AvgIpc) is 2.36. The minimum atomic E-state index is -1.06. The molecule has 7 heteroatoms. The molecule has 0 aromatic heterocycles. The van der Waals surface area contributed by atoms with Crippen LogP contribution < -0.4 is 10.2 Å². The van der Waals surface area contributed by atoms with Crippen LogP contribution in [-0.2, 0) is 9.59 Å². The molecule has 1 amide bonds. The summed E-state index contributed by atoms with van der Waals surface area (Å²) in [5, 5.41) is 20.4. The quantitative estimate of drug-likeness (QED) is 0.735. The molecule has 2 rings (SSSR count). The van der Waals surface area contributed by atoms with Gasteiger partial charge in [-0.2, -0.15) is 0 Å². The number of hydrogen-bond acceptors (Lipinski definition) is 4. The maximum Gasteiger partial charge on any atom is 0.335 e. The Bertz CT molecular complexity index is 555. The Labute approximate surface area is 108 Å². The van der Waals surface area contributed by atoms with Crippen molar-refractivity contribution in [1.82, 2.24) is 0 Å². The number of amides is 1. The van der Waals surface area contributed by atoms with Crippen LogP contribution in [0.1, 0.15) is 16.8 Å². The summed E-state index contributed by atoms with van der Waals surface area (Å²) in [6, 6.07) is 4.32. The maximum absolute atomic E-state index is 11.7. The number of carbonyl (C=O) groups excluding carboxylic acids is 1. The molecule has 0 radical (unpaired) electrons. The number of carbonyl (C=O) groups is 3. The first-order valence-electron chi connectivity index (χ1n) is 5.62. The molecular weight excluding hydrogens is 252 g/mol. The van der Waals surface area contributed by atoms with Gasteiger partial charge in [0.15, 0.2) is 0 Å². The lowest BCUT2D eigenvalue weighted by molar-refractivity contribution is -0.136. The number of carboxylic acid groups (broad SMARTS) is 2. The van der Waals surface area contributed by atoms with Crippen LogP contribution in [0, 0.1) is 0 Å². The minimum absolute atomic E-state index is 0.0235. The average molecular weight is 264 g/mol. The standard InChI is InChI=1S/C12H12N2O5/c15-10-6-13-8-5-7(12(18)19)1-2-9(8)14(10)4-3-11(16)17/h1-2,5,13H,3-4,6H2,(H,16,17)(H,18,19). The Morgan fingerprint density at radius 2 is 2.05 bits per heavy atom. The molecule has 1 aliphatic rings. The fourth-order valence-corrected chi connectivity index (χ4v) is 1.90. The molecule has 0 bridgehead atoms. The van der Waals surface area contributed by atoms with E-state index < -0.39 is 11.9 Å². The highest BCUT2D eigenvalue weighted by Crippen LogP contribution is 2.30. The van der Waals surface area contributed by atoms with E-state index in [1.165, 1.54) is 23.1 Å². The number of fused-ring (bicyclic) bond motifs is 1. The summed E-state index contributed by atoms with van der Waals surface area (Å²) in [5.74, 6) is -2.29. The third-order valence-electron chi connectivity index (χ3n) is 2.81. The fraction of sp³-hybridized carbons (Fsp3) is 0.250. The van der Waals surface area contributed by atoms with Crippen molar-refractivity contribution in [3.05, 3.63) is 23.8 Å². The molecular formula is C12H12N2O5. The van der Waals surface area contributed by atoms with Crippen molar-refractivity contribution in [2.24, 2.45) is 0 Å². The van der Waals surface area contributed by atoms with E-state index in [4.69, 9.17) is 10.2 Å². The summed E-state index contributed by atoms with van der Waals surface area (Å²) in [5.41, 5.74) is 1.13. The number of carboxylic acids is 2. The molecule has 3 N–H and O–H groups in total. The molecule has 0 spiro atoms. The van der Waals surface area contributed by atoms with Crippen molar-refractivity contribution in [2.45, 2.75) is 6.42 Å². The first-order chi connectivity index (χ1) is 8.99. The highest BCUT2D eigenvalue weighted by atomic mass is 16.4. The van der Waals surface area contributed by atoms with E-state index >= 15 is 0 Å². The zero-order valence-corrected chi connectivity index (χ0v) is 9.92. The van der Waals surface area contributed by atoms with E-state index in [2.05, 4.69) is 5.32 Å². The van der Waals surface area contributed by atoms with Crippen LogP contribution in [0.4, 0.5) is 11.4 Å². The van der Waals surface area contributed by atoms with Gasteiger partial charge in [0.05, 0.1) is 29.9 Å². The van der Waals surface area contributed by atoms with Gasteiger partial charge in [0.2, 0.25) is 5.91 Å². The predicted molar refractivity (Wildman–Crippen MR) is 66.5 cm³/mol. The number of hydrogen-bond donors (Lipinski definition) is 3. The SMILES string of the molecule is O=C(O)CCN1C(=O)CNc2cc(C(=O)O)ccc21. The van der Waals surface area contributed by atoms with E-state index in [-0.39, 0.29) is 31.0 Å². The highest BCUT2D eigenvalue weighted by molar-refractivity contribution is 6.04. The number of aromatic carboxylic acids is 1. The summed E-state index contributed by atoms with van der Waals surface area (Å²) < 4.78 is 0. The van der Waals surface area contributed by atoms with Crippen LogP contribution in [0.3, 0.4) is 0 Å². The van der Waals surface area contributed by atoms with E-state index in [1.807, 2.05) is 0 Å². The van der Waals surface area contributed by atoms with Crippen molar-refractivity contribution < 1.29 is 24.6 Å². The van der Waals surface area contributed by atoms with Crippen molar-refractivity contribution >= 4 is 29.2 Å². The largest absolute Gasteiger partial charge is 0.481 e. The van der Waals surface area contributed by atoms with Crippen molar-refractivity contribution in [3.8, 4) is 0 Å². The molecule has 1 aromatic rings. The summed E-state index contributed by atoms with van der Waals surface area (Å²) in [4.78, 5) is 34.5. The summed E-state index contributed by atoms with van der Waals surface area (Å²) >= 11 is 0. The lowest BCUT2D eigenvalue weighted by Gasteiger charge is -2.30. The lowest BCUT2D eigenvalue weighted by atomic mass is 10.1. The number of rotatable bonds is 4. The van der Waals surface area contributed by atoms with Gasteiger partial charge in [0.25, 0.3) is 0 Å². The summed E-state index contributed by atoms with van der Waals surface area (Å²) in [7, 11) is 0. The molecule has 0 aliphatic carbocycles. The Morgan fingerprint density at radius 1 is 1.32 bits per heavy atom. The number of anilines is 2. The molecule has 1 aromatic carbocycles. The zero-order valence-electron chi connectivity index (χ0n) is 9.92. The summed E-state index contributed by atoms with van der Waals surface area (Å²) in [6.45, 7) is 0.0883. The second kappa shape index (κ2) is 4.97. The molecule has 1 heterocycles. The molecule has 19 heavy (non-hydrogen) atoms. The van der Waals surface area contributed by atoms with Crippen LogP contribution in [0.15, 0.2) is 18.2 Å². The van der Waals surface area contributed by atoms with E-state index in [0.717, 1.165) is 0 Å². The second-order valence-corrected chi connectivity index (χ2v) is 4.08. The number of nitrogens with one attached hydrogen (secondary N) is 1. The Balaban J connectivity index is 2.31. The third kappa shape index (κ3) is 2.65. The third-order valence-corrected chi connectivity index (χ3v) is 2.81. The minimum Gasteiger partial charge on any atom is -0.481 e. The Kier molecular flexibility index (Phi) is 3.37. The van der Waals surface area contributed by atoms with Gasteiger partial charge in [-0.15, -0.1) is 0 Å². The van der Waals surface area contributed by atoms with Crippen LogP contribution in [0.5, 0.6) is 0 Å². The van der Waals surface area contributed by atoms with Crippen molar-refractivity contribution in [2.75, 3.05) is 23.3 Å². The van der Waals surface area contributed by atoms with E-state index in [1.54, 1.807) is 0 Å². The number of aliphatic carboxylic acids is 1. The smallest absolute Gasteiger partial charge is 0.335 e. The lowest BCUT2D eigenvalue weighted by Crippen LogP contribution is -2.41. The van der Waals surface area contributed by atoms with E-state index in [9.17, 15) is 14.4 Å². The second-order valence-electron chi connectivity index (χ2n) is 4.08. The van der Waals surface area contributed by atoms with Gasteiger partial charge in [-0.05, 0) is 18.2 Å². The molecule has 0 fully saturated rings.